The van der Waals surface area contributed by atoms with Gasteiger partial charge in [-0.25, -0.2) is 0 Å². The van der Waals surface area contributed by atoms with Gasteiger partial charge in [-0.1, -0.05) is 31.2 Å². The Morgan fingerprint density at radius 3 is 2.86 bits per heavy atom. The first-order valence-electron chi connectivity index (χ1n) is 8.37. The van der Waals surface area contributed by atoms with Crippen LogP contribution in [0.15, 0.2) is 24.3 Å². The van der Waals surface area contributed by atoms with Crippen molar-refractivity contribution in [2.75, 3.05) is 26.4 Å². The van der Waals surface area contributed by atoms with Crippen LogP contribution in [0.1, 0.15) is 50.3 Å². The highest BCUT2D eigenvalue weighted by Gasteiger charge is 2.27. The molecule has 0 fully saturated rings. The SMILES string of the molecule is CCCNC1c2ccccc2CCCC1OCCOCC. The third-order valence-electron chi connectivity index (χ3n) is 4.07. The van der Waals surface area contributed by atoms with Gasteiger partial charge in [0.1, 0.15) is 0 Å². The average Bonchev–Trinajstić information content (AvgIpc) is 2.69. The van der Waals surface area contributed by atoms with Crippen LogP contribution >= 0.6 is 0 Å². The summed E-state index contributed by atoms with van der Waals surface area (Å²) in [4.78, 5) is 0. The van der Waals surface area contributed by atoms with E-state index in [0.717, 1.165) is 32.4 Å². The summed E-state index contributed by atoms with van der Waals surface area (Å²) in [5.41, 5.74) is 2.90. The van der Waals surface area contributed by atoms with E-state index in [1.165, 1.54) is 17.5 Å². The van der Waals surface area contributed by atoms with Crippen molar-refractivity contribution < 1.29 is 9.47 Å². The zero-order chi connectivity index (χ0) is 14.9. The largest absolute Gasteiger partial charge is 0.379 e. The van der Waals surface area contributed by atoms with E-state index in [0.29, 0.717) is 19.3 Å². The Hall–Kier alpha value is -0.900. The van der Waals surface area contributed by atoms with E-state index in [4.69, 9.17) is 9.47 Å². The van der Waals surface area contributed by atoms with Gasteiger partial charge >= 0.3 is 0 Å². The number of aryl methyl sites for hydroxylation is 1. The lowest BCUT2D eigenvalue weighted by atomic mass is 9.97. The lowest BCUT2D eigenvalue weighted by molar-refractivity contribution is -0.0133. The fourth-order valence-corrected chi connectivity index (χ4v) is 3.05. The van der Waals surface area contributed by atoms with Crippen molar-refractivity contribution in [1.82, 2.24) is 5.32 Å². The topological polar surface area (TPSA) is 30.5 Å². The summed E-state index contributed by atoms with van der Waals surface area (Å²) in [6.07, 6.45) is 4.86. The first kappa shape index (κ1) is 16.5. The number of rotatable bonds is 8. The minimum absolute atomic E-state index is 0.251. The molecule has 0 bridgehead atoms. The average molecular weight is 291 g/mol. The van der Waals surface area contributed by atoms with Crippen LogP contribution in [0.3, 0.4) is 0 Å². The Kier molecular flexibility index (Phi) is 7.20. The van der Waals surface area contributed by atoms with E-state index < -0.39 is 0 Å². The van der Waals surface area contributed by atoms with Gasteiger partial charge < -0.3 is 14.8 Å². The van der Waals surface area contributed by atoms with Crippen LogP contribution in [0.25, 0.3) is 0 Å². The summed E-state index contributed by atoms with van der Waals surface area (Å²) < 4.78 is 11.5. The molecule has 3 nitrogen and oxygen atoms in total. The van der Waals surface area contributed by atoms with Crippen LogP contribution in [0, 0.1) is 0 Å². The fraction of sp³-hybridized carbons (Fsp3) is 0.667. The van der Waals surface area contributed by atoms with Crippen molar-refractivity contribution in [3.63, 3.8) is 0 Å². The van der Waals surface area contributed by atoms with Gasteiger partial charge in [-0.15, -0.1) is 0 Å². The summed E-state index contributed by atoms with van der Waals surface area (Å²) in [7, 11) is 0. The van der Waals surface area contributed by atoms with Crippen molar-refractivity contribution in [3.8, 4) is 0 Å². The first-order chi connectivity index (χ1) is 10.4. The Morgan fingerprint density at radius 1 is 1.19 bits per heavy atom. The van der Waals surface area contributed by atoms with Gasteiger partial charge in [0.15, 0.2) is 0 Å². The van der Waals surface area contributed by atoms with Crippen LogP contribution in [0.5, 0.6) is 0 Å². The molecular weight excluding hydrogens is 262 g/mol. The molecule has 2 unspecified atom stereocenters. The summed E-state index contributed by atoms with van der Waals surface area (Å²) in [5, 5.41) is 3.69. The highest BCUT2D eigenvalue weighted by Crippen LogP contribution is 2.30. The maximum Gasteiger partial charge on any atom is 0.0771 e. The Bertz CT molecular complexity index is 408. The smallest absolute Gasteiger partial charge is 0.0771 e. The first-order valence-corrected chi connectivity index (χ1v) is 8.37. The third-order valence-corrected chi connectivity index (χ3v) is 4.07. The number of fused-ring (bicyclic) bond motifs is 1. The monoisotopic (exact) mass is 291 g/mol. The zero-order valence-corrected chi connectivity index (χ0v) is 13.4. The third kappa shape index (κ3) is 4.80. The van der Waals surface area contributed by atoms with E-state index in [1.807, 2.05) is 6.92 Å². The van der Waals surface area contributed by atoms with Crippen molar-refractivity contribution in [2.24, 2.45) is 0 Å². The molecule has 0 saturated carbocycles. The predicted molar refractivity (Wildman–Crippen MR) is 86.6 cm³/mol. The molecule has 0 saturated heterocycles. The standard InChI is InChI=1S/C18H29NO2/c1-3-12-19-18-16-10-6-5-8-15(16)9-7-11-17(18)21-14-13-20-4-2/h5-6,8,10,17-19H,3-4,7,9,11-14H2,1-2H3. The summed E-state index contributed by atoms with van der Waals surface area (Å²) in [6, 6.07) is 9.12. The van der Waals surface area contributed by atoms with Gasteiger partial charge in [0, 0.05) is 6.61 Å². The summed E-state index contributed by atoms with van der Waals surface area (Å²) >= 11 is 0. The van der Waals surface area contributed by atoms with Crippen LogP contribution in [0.2, 0.25) is 0 Å². The Labute approximate surface area is 129 Å². The van der Waals surface area contributed by atoms with Crippen molar-refractivity contribution in [1.29, 1.82) is 0 Å². The highest BCUT2D eigenvalue weighted by atomic mass is 16.5. The predicted octanol–water partition coefficient (Wildman–Crippen LogP) is 3.49. The molecule has 2 atom stereocenters. The van der Waals surface area contributed by atoms with E-state index in [1.54, 1.807) is 0 Å². The lowest BCUT2D eigenvalue weighted by Gasteiger charge is -2.28. The molecule has 1 aromatic rings. The molecule has 1 N–H and O–H groups in total. The molecule has 0 heterocycles. The molecule has 0 radical (unpaired) electrons. The second-order valence-corrected chi connectivity index (χ2v) is 5.63. The highest BCUT2D eigenvalue weighted by molar-refractivity contribution is 5.32. The molecule has 0 aromatic heterocycles. The van der Waals surface area contributed by atoms with Crippen molar-refractivity contribution in [2.45, 2.75) is 51.7 Å². The van der Waals surface area contributed by atoms with Gasteiger partial charge in [0.2, 0.25) is 0 Å². The van der Waals surface area contributed by atoms with Crippen LogP contribution in [-0.4, -0.2) is 32.5 Å². The molecule has 1 aromatic carbocycles. The quantitative estimate of drug-likeness (QED) is 0.587. The maximum atomic E-state index is 6.14. The van der Waals surface area contributed by atoms with Gasteiger partial charge in [-0.05, 0) is 50.3 Å². The zero-order valence-electron chi connectivity index (χ0n) is 13.4. The van der Waals surface area contributed by atoms with Crippen molar-refractivity contribution >= 4 is 0 Å². The van der Waals surface area contributed by atoms with Gasteiger partial charge in [-0.2, -0.15) is 0 Å². The molecule has 2 rings (SSSR count). The van der Waals surface area contributed by atoms with Crippen LogP contribution < -0.4 is 5.32 Å². The molecule has 3 heteroatoms. The van der Waals surface area contributed by atoms with Gasteiger partial charge in [0.05, 0.1) is 25.4 Å². The lowest BCUT2D eigenvalue weighted by Crippen LogP contribution is -2.34. The van der Waals surface area contributed by atoms with Crippen LogP contribution in [0.4, 0.5) is 0 Å². The molecular formula is C18H29NO2. The molecule has 1 aliphatic carbocycles. The van der Waals surface area contributed by atoms with Gasteiger partial charge in [0.25, 0.3) is 0 Å². The van der Waals surface area contributed by atoms with E-state index in [9.17, 15) is 0 Å². The minimum Gasteiger partial charge on any atom is -0.379 e. The van der Waals surface area contributed by atoms with E-state index in [2.05, 4.69) is 36.5 Å². The summed E-state index contributed by atoms with van der Waals surface area (Å²) in [5.74, 6) is 0. The maximum absolute atomic E-state index is 6.14. The molecule has 0 aliphatic heterocycles. The Morgan fingerprint density at radius 2 is 2.05 bits per heavy atom. The number of nitrogens with one attached hydrogen (secondary N) is 1. The molecule has 0 amide bonds. The normalized spacial score (nSPS) is 21.8. The number of hydrogen-bond acceptors (Lipinski definition) is 3. The summed E-state index contributed by atoms with van der Waals surface area (Å²) in [6.45, 7) is 7.40. The van der Waals surface area contributed by atoms with Crippen LogP contribution in [-0.2, 0) is 15.9 Å². The van der Waals surface area contributed by atoms with Crippen molar-refractivity contribution in [3.05, 3.63) is 35.4 Å². The van der Waals surface area contributed by atoms with E-state index in [-0.39, 0.29) is 6.10 Å². The Balaban J connectivity index is 2.06. The molecule has 118 valence electrons. The molecule has 21 heavy (non-hydrogen) atoms. The molecule has 1 aliphatic rings. The number of benzene rings is 1. The number of ether oxygens (including phenoxy) is 2. The fourth-order valence-electron chi connectivity index (χ4n) is 3.05. The second-order valence-electron chi connectivity index (χ2n) is 5.63. The van der Waals surface area contributed by atoms with E-state index >= 15 is 0 Å². The van der Waals surface area contributed by atoms with Gasteiger partial charge in [-0.3, -0.25) is 0 Å². The molecule has 0 spiro atoms. The number of hydrogen-bond donors (Lipinski definition) is 1. The minimum atomic E-state index is 0.251. The second kappa shape index (κ2) is 9.19.